The van der Waals surface area contributed by atoms with E-state index >= 15 is 0 Å². The smallest absolute Gasteiger partial charge is 0.0366 e. The molecule has 1 aromatic heterocycles. The molecule has 0 aliphatic heterocycles. The maximum absolute atomic E-state index is 4.03. The van der Waals surface area contributed by atoms with Gasteiger partial charge in [-0.25, -0.2) is 0 Å². The lowest BCUT2D eigenvalue weighted by atomic mass is 10.1. The standard InChI is InChI=1S/C25H34N2/c1-3-5-9-21-27(22-10-6-4-2)25-15-13-23(14-16-25)11-7-8-12-24-17-19-26-20-18-24/h7-8,11-20H,3-6,9-10,21-22H2,1-2H3. The Hall–Kier alpha value is -2.35. The molecule has 0 N–H and O–H groups in total. The first-order chi connectivity index (χ1) is 13.3. The molecule has 144 valence electrons. The summed E-state index contributed by atoms with van der Waals surface area (Å²) in [6, 6.07) is 13.0. The first kappa shape index (κ1) is 21.0. The van der Waals surface area contributed by atoms with Gasteiger partial charge in [0.15, 0.2) is 0 Å². The van der Waals surface area contributed by atoms with Gasteiger partial charge in [0.2, 0.25) is 0 Å². The maximum Gasteiger partial charge on any atom is 0.0366 e. The predicted octanol–water partition coefficient (Wildman–Crippen LogP) is 7.00. The quantitative estimate of drug-likeness (QED) is 0.298. The molecule has 0 saturated carbocycles. The molecule has 2 nitrogen and oxygen atoms in total. The number of nitrogens with zero attached hydrogens (tertiary/aromatic N) is 2. The summed E-state index contributed by atoms with van der Waals surface area (Å²) in [7, 11) is 0. The van der Waals surface area contributed by atoms with E-state index in [0.29, 0.717) is 0 Å². The molecule has 0 aliphatic rings. The first-order valence-electron chi connectivity index (χ1n) is 10.4. The van der Waals surface area contributed by atoms with E-state index in [9.17, 15) is 0 Å². The van der Waals surface area contributed by atoms with Crippen LogP contribution in [-0.2, 0) is 0 Å². The first-order valence-corrected chi connectivity index (χ1v) is 10.4. The van der Waals surface area contributed by atoms with E-state index in [2.05, 4.69) is 72.3 Å². The number of hydrogen-bond acceptors (Lipinski definition) is 2. The van der Waals surface area contributed by atoms with Gasteiger partial charge in [0.1, 0.15) is 0 Å². The van der Waals surface area contributed by atoms with Gasteiger partial charge in [0.05, 0.1) is 0 Å². The average molecular weight is 363 g/mol. The van der Waals surface area contributed by atoms with Crippen molar-refractivity contribution in [2.45, 2.75) is 52.4 Å². The molecule has 1 aromatic carbocycles. The molecule has 0 aliphatic carbocycles. The summed E-state index contributed by atoms with van der Waals surface area (Å²) in [5.74, 6) is 0. The van der Waals surface area contributed by atoms with Crippen molar-refractivity contribution in [3.63, 3.8) is 0 Å². The molecule has 0 atom stereocenters. The second-order valence-electron chi connectivity index (χ2n) is 6.99. The summed E-state index contributed by atoms with van der Waals surface area (Å²) in [6.07, 6.45) is 19.8. The van der Waals surface area contributed by atoms with Crippen molar-refractivity contribution in [2.24, 2.45) is 0 Å². The highest BCUT2D eigenvalue weighted by Crippen LogP contribution is 2.18. The molecule has 2 heteroatoms. The number of unbranched alkanes of at least 4 members (excludes halogenated alkanes) is 4. The fourth-order valence-corrected chi connectivity index (χ4v) is 3.08. The number of benzene rings is 1. The summed E-state index contributed by atoms with van der Waals surface area (Å²) in [4.78, 5) is 6.59. The van der Waals surface area contributed by atoms with Crippen LogP contribution in [0.3, 0.4) is 0 Å². The zero-order valence-electron chi connectivity index (χ0n) is 17.0. The van der Waals surface area contributed by atoms with Crippen molar-refractivity contribution in [1.29, 1.82) is 0 Å². The number of rotatable bonds is 12. The second-order valence-corrected chi connectivity index (χ2v) is 6.99. The highest BCUT2D eigenvalue weighted by Gasteiger charge is 2.05. The molecule has 2 aromatic rings. The molecular formula is C25H34N2. The zero-order valence-corrected chi connectivity index (χ0v) is 17.0. The van der Waals surface area contributed by atoms with Crippen LogP contribution < -0.4 is 4.90 Å². The van der Waals surface area contributed by atoms with Crippen molar-refractivity contribution >= 4 is 17.8 Å². The SMILES string of the molecule is CCCCCN(CCCCC)c1ccc(C=CC=Cc2ccncc2)cc1. The van der Waals surface area contributed by atoms with E-state index in [0.717, 1.165) is 0 Å². The van der Waals surface area contributed by atoms with E-state index in [4.69, 9.17) is 0 Å². The average Bonchev–Trinajstić information content (AvgIpc) is 2.72. The molecule has 2 rings (SSSR count). The van der Waals surface area contributed by atoms with Crippen molar-refractivity contribution < 1.29 is 0 Å². The van der Waals surface area contributed by atoms with Gasteiger partial charge in [-0.15, -0.1) is 0 Å². The summed E-state index contributed by atoms with van der Waals surface area (Å²) in [5.41, 5.74) is 3.76. The fraction of sp³-hybridized carbons (Fsp3) is 0.400. The lowest BCUT2D eigenvalue weighted by Crippen LogP contribution is -2.25. The summed E-state index contributed by atoms with van der Waals surface area (Å²) in [5, 5.41) is 0. The largest absolute Gasteiger partial charge is 0.372 e. The van der Waals surface area contributed by atoms with Gasteiger partial charge in [-0.05, 0) is 48.2 Å². The Morgan fingerprint density at radius 1 is 0.704 bits per heavy atom. The van der Waals surface area contributed by atoms with Crippen molar-refractivity contribution in [3.8, 4) is 0 Å². The molecule has 0 amide bonds. The third-order valence-corrected chi connectivity index (χ3v) is 4.72. The third-order valence-electron chi connectivity index (χ3n) is 4.72. The van der Waals surface area contributed by atoms with E-state index in [1.165, 1.54) is 68.4 Å². The Morgan fingerprint density at radius 2 is 1.22 bits per heavy atom. The van der Waals surface area contributed by atoms with E-state index in [1.807, 2.05) is 24.5 Å². The molecular weight excluding hydrogens is 328 g/mol. The molecule has 0 bridgehead atoms. The van der Waals surface area contributed by atoms with Crippen LogP contribution in [0.1, 0.15) is 63.5 Å². The number of anilines is 1. The summed E-state index contributed by atoms with van der Waals surface area (Å²) >= 11 is 0. The van der Waals surface area contributed by atoms with Gasteiger partial charge in [0.25, 0.3) is 0 Å². The summed E-state index contributed by atoms with van der Waals surface area (Å²) in [6.45, 7) is 6.88. The number of pyridine rings is 1. The van der Waals surface area contributed by atoms with Crippen molar-refractivity contribution in [2.75, 3.05) is 18.0 Å². The lowest BCUT2D eigenvalue weighted by Gasteiger charge is -2.25. The molecule has 1 heterocycles. The van der Waals surface area contributed by atoms with Gasteiger partial charge < -0.3 is 4.90 Å². The normalized spacial score (nSPS) is 11.5. The molecule has 0 fully saturated rings. The lowest BCUT2D eigenvalue weighted by molar-refractivity contribution is 0.636. The van der Waals surface area contributed by atoms with Gasteiger partial charge in [-0.3, -0.25) is 4.98 Å². The van der Waals surface area contributed by atoms with Crippen molar-refractivity contribution in [1.82, 2.24) is 4.98 Å². The van der Waals surface area contributed by atoms with E-state index < -0.39 is 0 Å². The highest BCUT2D eigenvalue weighted by molar-refractivity contribution is 5.59. The van der Waals surface area contributed by atoms with E-state index in [-0.39, 0.29) is 0 Å². The van der Waals surface area contributed by atoms with Crippen molar-refractivity contribution in [3.05, 3.63) is 72.1 Å². The van der Waals surface area contributed by atoms with Crippen LogP contribution in [0.2, 0.25) is 0 Å². The Labute approximate surface area is 165 Å². The molecule has 0 radical (unpaired) electrons. The fourth-order valence-electron chi connectivity index (χ4n) is 3.08. The minimum absolute atomic E-state index is 1.17. The maximum atomic E-state index is 4.03. The van der Waals surface area contributed by atoms with Gasteiger partial charge >= 0.3 is 0 Å². The molecule has 0 saturated heterocycles. The van der Waals surface area contributed by atoms with Crippen LogP contribution in [0.15, 0.2) is 60.9 Å². The summed E-state index contributed by atoms with van der Waals surface area (Å²) < 4.78 is 0. The zero-order chi connectivity index (χ0) is 19.2. The molecule has 27 heavy (non-hydrogen) atoms. The second kappa shape index (κ2) is 12.9. The molecule has 0 unspecified atom stereocenters. The Bertz CT molecular complexity index is 661. The van der Waals surface area contributed by atoms with Crippen LogP contribution in [0, 0.1) is 0 Å². The Kier molecular flexibility index (Phi) is 10.0. The third kappa shape index (κ3) is 8.25. The van der Waals surface area contributed by atoms with Gasteiger partial charge in [-0.1, -0.05) is 76.0 Å². The number of aromatic nitrogens is 1. The van der Waals surface area contributed by atoms with Crippen LogP contribution >= 0.6 is 0 Å². The topological polar surface area (TPSA) is 16.1 Å². The Balaban J connectivity index is 1.93. The van der Waals surface area contributed by atoms with Crippen LogP contribution in [0.25, 0.3) is 12.2 Å². The number of hydrogen-bond donors (Lipinski definition) is 0. The monoisotopic (exact) mass is 362 g/mol. The Morgan fingerprint density at radius 3 is 1.74 bits per heavy atom. The molecule has 0 spiro atoms. The van der Waals surface area contributed by atoms with Gasteiger partial charge in [0, 0.05) is 31.2 Å². The highest BCUT2D eigenvalue weighted by atomic mass is 15.1. The predicted molar refractivity (Wildman–Crippen MR) is 120 cm³/mol. The van der Waals surface area contributed by atoms with Crippen LogP contribution in [0.5, 0.6) is 0 Å². The van der Waals surface area contributed by atoms with E-state index in [1.54, 1.807) is 0 Å². The van der Waals surface area contributed by atoms with Gasteiger partial charge in [-0.2, -0.15) is 0 Å². The minimum atomic E-state index is 1.17. The number of allylic oxidation sites excluding steroid dienone is 2. The minimum Gasteiger partial charge on any atom is -0.372 e. The van der Waals surface area contributed by atoms with Crippen LogP contribution in [-0.4, -0.2) is 18.1 Å². The van der Waals surface area contributed by atoms with Crippen LogP contribution in [0.4, 0.5) is 5.69 Å².